The third-order valence-corrected chi connectivity index (χ3v) is 5.18. The quantitative estimate of drug-likeness (QED) is 0.617. The monoisotopic (exact) mass is 397 g/mol. The van der Waals surface area contributed by atoms with Crippen molar-refractivity contribution in [1.29, 1.82) is 0 Å². The molecule has 0 radical (unpaired) electrons. The molecule has 0 saturated heterocycles. The number of hydrogen-bond acceptors (Lipinski definition) is 7. The first kappa shape index (κ1) is 18.3. The molecular weight excluding hydrogens is 378 g/mol. The molecule has 0 atom stereocenters. The number of hydrogen-bond donors (Lipinski definition) is 2. The van der Waals surface area contributed by atoms with Crippen molar-refractivity contribution in [3.8, 4) is 11.3 Å². The van der Waals surface area contributed by atoms with E-state index < -0.39 is 0 Å². The molecule has 0 spiro atoms. The number of anilines is 1. The van der Waals surface area contributed by atoms with Crippen LogP contribution in [0.5, 0.6) is 0 Å². The number of nitrogens with zero attached hydrogens (tertiary/aromatic N) is 3. The van der Waals surface area contributed by atoms with Gasteiger partial charge in [0.1, 0.15) is 16.2 Å². The molecule has 144 valence electrons. The highest BCUT2D eigenvalue weighted by molar-refractivity contribution is 7.12. The second kappa shape index (κ2) is 7.89. The van der Waals surface area contributed by atoms with Crippen LogP contribution in [0.1, 0.15) is 29.4 Å². The van der Waals surface area contributed by atoms with Crippen molar-refractivity contribution in [3.05, 3.63) is 34.7 Å². The van der Waals surface area contributed by atoms with E-state index in [-0.39, 0.29) is 12.0 Å². The number of urea groups is 1. The summed E-state index contributed by atoms with van der Waals surface area (Å²) in [5, 5.41) is 7.38. The van der Waals surface area contributed by atoms with E-state index in [1.54, 1.807) is 31.3 Å². The molecule has 8 nitrogen and oxygen atoms in total. The van der Waals surface area contributed by atoms with Gasteiger partial charge < -0.3 is 10.1 Å². The zero-order valence-electron chi connectivity index (χ0n) is 15.3. The summed E-state index contributed by atoms with van der Waals surface area (Å²) in [6.45, 7) is 2.78. The zero-order valence-corrected chi connectivity index (χ0v) is 16.1. The summed E-state index contributed by atoms with van der Waals surface area (Å²) < 4.78 is 5.02. The van der Waals surface area contributed by atoms with Crippen molar-refractivity contribution in [3.63, 3.8) is 0 Å². The number of thiophene rings is 1. The zero-order chi connectivity index (χ0) is 19.5. The molecule has 0 aromatic carbocycles. The summed E-state index contributed by atoms with van der Waals surface area (Å²) in [5.74, 6) is 0.660. The van der Waals surface area contributed by atoms with Crippen molar-refractivity contribution in [2.24, 2.45) is 5.92 Å². The minimum absolute atomic E-state index is 0.278. The van der Waals surface area contributed by atoms with E-state index in [1.807, 2.05) is 5.38 Å². The average Bonchev–Trinajstić information content (AvgIpc) is 3.39. The standard InChI is InChI=1S/C19H19N5O3S/c1-2-27-18(25)15-7-12(10-28-15)14-9-20-13-5-6-16(23-17(13)22-14)24-19(26)21-8-11-3-4-11/h5-7,9-11H,2-4,8H2,1H3,(H2,21,22,23,24,26). The Balaban J connectivity index is 1.52. The molecule has 0 unspecified atom stereocenters. The van der Waals surface area contributed by atoms with Gasteiger partial charge in [0, 0.05) is 17.5 Å². The Hall–Kier alpha value is -3.07. The van der Waals surface area contributed by atoms with Gasteiger partial charge in [-0.1, -0.05) is 0 Å². The van der Waals surface area contributed by atoms with Gasteiger partial charge in [-0.3, -0.25) is 10.3 Å². The van der Waals surface area contributed by atoms with Crippen LogP contribution in [-0.2, 0) is 4.74 Å². The predicted octanol–water partition coefficient (Wildman–Crippen LogP) is 3.46. The Labute approximate surface area is 165 Å². The topological polar surface area (TPSA) is 106 Å². The molecule has 0 bridgehead atoms. The van der Waals surface area contributed by atoms with Crippen LogP contribution in [0.3, 0.4) is 0 Å². The van der Waals surface area contributed by atoms with Crippen molar-refractivity contribution < 1.29 is 14.3 Å². The fourth-order valence-electron chi connectivity index (χ4n) is 2.61. The fourth-order valence-corrected chi connectivity index (χ4v) is 3.40. The molecule has 1 aliphatic carbocycles. The molecule has 28 heavy (non-hydrogen) atoms. The van der Waals surface area contributed by atoms with Crippen LogP contribution >= 0.6 is 11.3 Å². The van der Waals surface area contributed by atoms with E-state index in [4.69, 9.17) is 4.74 Å². The number of carbonyl (C=O) groups is 2. The Kier molecular flexibility index (Phi) is 5.16. The first-order valence-corrected chi connectivity index (χ1v) is 9.95. The average molecular weight is 397 g/mol. The molecule has 2 amide bonds. The lowest BCUT2D eigenvalue weighted by Gasteiger charge is -2.07. The molecule has 1 fully saturated rings. The summed E-state index contributed by atoms with van der Waals surface area (Å²) in [7, 11) is 0. The van der Waals surface area contributed by atoms with Gasteiger partial charge in [0.25, 0.3) is 0 Å². The van der Waals surface area contributed by atoms with Gasteiger partial charge in [-0.15, -0.1) is 11.3 Å². The summed E-state index contributed by atoms with van der Waals surface area (Å²) in [6, 6.07) is 4.90. The van der Waals surface area contributed by atoms with E-state index in [2.05, 4.69) is 25.6 Å². The number of nitrogens with one attached hydrogen (secondary N) is 2. The summed E-state index contributed by atoms with van der Waals surface area (Å²) in [6.07, 6.45) is 3.98. The van der Waals surface area contributed by atoms with Crippen LogP contribution in [0, 0.1) is 5.92 Å². The van der Waals surface area contributed by atoms with Crippen molar-refractivity contribution in [2.45, 2.75) is 19.8 Å². The van der Waals surface area contributed by atoms with Crippen LogP contribution in [-0.4, -0.2) is 40.1 Å². The Morgan fingerprint density at radius 2 is 2.14 bits per heavy atom. The van der Waals surface area contributed by atoms with Crippen molar-refractivity contribution >= 4 is 40.3 Å². The van der Waals surface area contributed by atoms with Gasteiger partial charge in [-0.05, 0) is 43.9 Å². The summed E-state index contributed by atoms with van der Waals surface area (Å²) in [4.78, 5) is 37.6. The molecule has 0 aliphatic heterocycles. The smallest absolute Gasteiger partial charge is 0.348 e. The van der Waals surface area contributed by atoms with E-state index >= 15 is 0 Å². The fraction of sp³-hybridized carbons (Fsp3) is 0.316. The summed E-state index contributed by atoms with van der Waals surface area (Å²) >= 11 is 1.29. The minimum atomic E-state index is -0.352. The Bertz CT molecular complexity index is 1030. The second-order valence-corrected chi connectivity index (χ2v) is 7.40. The summed E-state index contributed by atoms with van der Waals surface area (Å²) in [5.41, 5.74) is 2.40. The highest BCUT2D eigenvalue weighted by atomic mass is 32.1. The van der Waals surface area contributed by atoms with Crippen LogP contribution in [0.2, 0.25) is 0 Å². The lowest BCUT2D eigenvalue weighted by atomic mass is 10.2. The lowest BCUT2D eigenvalue weighted by molar-refractivity contribution is 0.0532. The van der Waals surface area contributed by atoms with Gasteiger partial charge in [-0.2, -0.15) is 0 Å². The van der Waals surface area contributed by atoms with Crippen LogP contribution in [0.15, 0.2) is 29.8 Å². The van der Waals surface area contributed by atoms with E-state index in [0.717, 1.165) is 5.56 Å². The van der Waals surface area contributed by atoms with Crippen LogP contribution in [0.4, 0.5) is 10.6 Å². The normalized spacial score (nSPS) is 13.3. The maximum Gasteiger partial charge on any atom is 0.348 e. The van der Waals surface area contributed by atoms with Gasteiger partial charge in [0.05, 0.1) is 18.5 Å². The number of fused-ring (bicyclic) bond motifs is 1. The third-order valence-electron chi connectivity index (χ3n) is 4.27. The highest BCUT2D eigenvalue weighted by Crippen LogP contribution is 2.27. The van der Waals surface area contributed by atoms with E-state index in [9.17, 15) is 9.59 Å². The number of rotatable bonds is 6. The highest BCUT2D eigenvalue weighted by Gasteiger charge is 2.21. The molecule has 3 heterocycles. The first-order chi connectivity index (χ1) is 13.6. The van der Waals surface area contributed by atoms with Gasteiger partial charge in [0.2, 0.25) is 0 Å². The molecule has 3 aromatic heterocycles. The van der Waals surface area contributed by atoms with Crippen LogP contribution < -0.4 is 10.6 Å². The van der Waals surface area contributed by atoms with Gasteiger partial charge in [-0.25, -0.2) is 19.6 Å². The third kappa shape index (κ3) is 4.25. The molecule has 2 N–H and O–H groups in total. The SMILES string of the molecule is CCOC(=O)c1cc(-c2cnc3ccc(NC(=O)NCC4CC4)nc3n2)cs1. The predicted molar refractivity (Wildman–Crippen MR) is 106 cm³/mol. The molecule has 3 aromatic rings. The molecule has 4 rings (SSSR count). The molecule has 1 aliphatic rings. The number of ether oxygens (including phenoxy) is 1. The molecule has 9 heteroatoms. The number of pyridine rings is 1. The number of aromatic nitrogens is 3. The number of carbonyl (C=O) groups excluding carboxylic acids is 2. The van der Waals surface area contributed by atoms with Gasteiger partial charge in [0.15, 0.2) is 5.65 Å². The van der Waals surface area contributed by atoms with Crippen molar-refractivity contribution in [2.75, 3.05) is 18.5 Å². The van der Waals surface area contributed by atoms with E-state index in [0.29, 0.717) is 46.6 Å². The van der Waals surface area contributed by atoms with Crippen molar-refractivity contribution in [1.82, 2.24) is 20.3 Å². The number of esters is 1. The first-order valence-electron chi connectivity index (χ1n) is 9.07. The maximum absolute atomic E-state index is 11.9. The molecular formula is C19H19N5O3S. The Morgan fingerprint density at radius 3 is 2.93 bits per heavy atom. The molecule has 1 saturated carbocycles. The van der Waals surface area contributed by atoms with Gasteiger partial charge >= 0.3 is 12.0 Å². The second-order valence-electron chi connectivity index (χ2n) is 6.49. The maximum atomic E-state index is 11.9. The lowest BCUT2D eigenvalue weighted by Crippen LogP contribution is -2.30. The van der Waals surface area contributed by atoms with E-state index in [1.165, 1.54) is 24.2 Å². The largest absolute Gasteiger partial charge is 0.462 e. The Morgan fingerprint density at radius 1 is 1.29 bits per heavy atom. The minimum Gasteiger partial charge on any atom is -0.462 e. The number of amides is 2. The van der Waals surface area contributed by atoms with Crippen LogP contribution in [0.25, 0.3) is 22.4 Å².